The Morgan fingerprint density at radius 3 is 2.59 bits per heavy atom. The van der Waals surface area contributed by atoms with E-state index >= 15 is 0 Å². The summed E-state index contributed by atoms with van der Waals surface area (Å²) in [5.74, 6) is -0.152. The van der Waals surface area contributed by atoms with Gasteiger partial charge in [0.05, 0.1) is 17.9 Å². The normalized spacial score (nSPS) is 19.8. The Morgan fingerprint density at radius 2 is 1.93 bits per heavy atom. The van der Waals surface area contributed by atoms with Gasteiger partial charge in [-0.3, -0.25) is 14.5 Å². The van der Waals surface area contributed by atoms with Gasteiger partial charge in [0.2, 0.25) is 5.91 Å². The Morgan fingerprint density at radius 1 is 1.22 bits per heavy atom. The lowest BCUT2D eigenvalue weighted by molar-refractivity contribution is -0.135. The average molecular weight is 370 g/mol. The number of rotatable bonds is 6. The second-order valence-electron chi connectivity index (χ2n) is 6.76. The molecule has 1 aromatic carbocycles. The van der Waals surface area contributed by atoms with Crippen LogP contribution < -0.4 is 5.32 Å². The first-order valence-corrected chi connectivity index (χ1v) is 9.31. The lowest BCUT2D eigenvalue weighted by atomic mass is 10.1. The summed E-state index contributed by atoms with van der Waals surface area (Å²) in [6.45, 7) is 5.98. The number of nitrogens with one attached hydrogen (secondary N) is 1. The Labute approximate surface area is 159 Å². The molecule has 1 aliphatic rings. The van der Waals surface area contributed by atoms with Crippen LogP contribution in [0.4, 0.5) is 0 Å². The zero-order chi connectivity index (χ0) is 19.4. The number of hydrogen-bond donors (Lipinski definition) is 1. The topological polar surface area (TPSA) is 83.4 Å². The van der Waals surface area contributed by atoms with E-state index in [0.717, 1.165) is 5.69 Å². The Hall–Kier alpha value is -2.74. The fourth-order valence-corrected chi connectivity index (χ4v) is 3.47. The first-order valence-electron chi connectivity index (χ1n) is 9.31. The molecule has 0 aliphatic carbocycles. The molecule has 1 aliphatic heterocycles. The standard InChI is InChI=1S/C19H26N6O2/c1-4-24(5-2)19(27)17-11-14(12-23(17)3)20-18(26)16-13-25(22-21-16)15-9-7-6-8-10-15/h6-10,13-14,17H,4-5,11-12H2,1-3H3,(H,20,26)/t14-,17-/m0/s1. The second-order valence-corrected chi connectivity index (χ2v) is 6.76. The van der Waals surface area contributed by atoms with Crippen LogP contribution in [0, 0.1) is 0 Å². The summed E-state index contributed by atoms with van der Waals surface area (Å²) < 4.78 is 1.57. The van der Waals surface area contributed by atoms with Gasteiger partial charge in [-0.15, -0.1) is 5.10 Å². The number of nitrogens with zero attached hydrogens (tertiary/aromatic N) is 5. The molecule has 1 fully saturated rings. The number of aromatic nitrogens is 3. The summed E-state index contributed by atoms with van der Waals surface area (Å²) in [6, 6.07) is 9.22. The Kier molecular flexibility index (Phi) is 5.85. The number of likely N-dealkylation sites (tertiary alicyclic amines) is 1. The maximum absolute atomic E-state index is 12.6. The highest BCUT2D eigenvalue weighted by molar-refractivity contribution is 5.92. The van der Waals surface area contributed by atoms with Crippen LogP contribution in [-0.2, 0) is 4.79 Å². The molecule has 0 bridgehead atoms. The highest BCUT2D eigenvalue weighted by Crippen LogP contribution is 2.18. The van der Waals surface area contributed by atoms with Gasteiger partial charge < -0.3 is 10.2 Å². The van der Waals surface area contributed by atoms with Crippen molar-refractivity contribution in [1.29, 1.82) is 0 Å². The van der Waals surface area contributed by atoms with Gasteiger partial charge in [-0.2, -0.15) is 0 Å². The third kappa shape index (κ3) is 4.16. The SMILES string of the molecule is CCN(CC)C(=O)[C@@H]1C[C@H](NC(=O)c2cn(-c3ccccc3)nn2)CN1C. The van der Waals surface area contributed by atoms with Crippen LogP contribution in [0.1, 0.15) is 30.8 Å². The number of carbonyl (C=O) groups excluding carboxylic acids is 2. The van der Waals surface area contributed by atoms with Gasteiger partial charge in [0.15, 0.2) is 5.69 Å². The van der Waals surface area contributed by atoms with E-state index in [-0.39, 0.29) is 29.6 Å². The molecule has 0 unspecified atom stereocenters. The molecule has 8 heteroatoms. The minimum atomic E-state index is -0.272. The number of likely N-dealkylation sites (N-methyl/N-ethyl adjacent to an activating group) is 2. The van der Waals surface area contributed by atoms with E-state index in [1.54, 1.807) is 10.9 Å². The van der Waals surface area contributed by atoms with Crippen molar-refractivity contribution in [2.75, 3.05) is 26.7 Å². The van der Waals surface area contributed by atoms with Crippen LogP contribution >= 0.6 is 0 Å². The first-order chi connectivity index (χ1) is 13.0. The summed E-state index contributed by atoms with van der Waals surface area (Å²) in [7, 11) is 1.92. The van der Waals surface area contributed by atoms with Crippen LogP contribution in [0.3, 0.4) is 0 Å². The number of carbonyl (C=O) groups is 2. The number of benzene rings is 1. The summed E-state index contributed by atoms with van der Waals surface area (Å²) in [4.78, 5) is 29.0. The van der Waals surface area contributed by atoms with Crippen LogP contribution in [0.15, 0.2) is 36.5 Å². The van der Waals surface area contributed by atoms with Gasteiger partial charge in [-0.25, -0.2) is 4.68 Å². The first kappa shape index (κ1) is 19.0. The molecular weight excluding hydrogens is 344 g/mol. The molecule has 2 atom stereocenters. The van der Waals surface area contributed by atoms with Gasteiger partial charge in [-0.1, -0.05) is 23.4 Å². The minimum Gasteiger partial charge on any atom is -0.346 e. The molecule has 0 spiro atoms. The third-order valence-electron chi connectivity index (χ3n) is 4.99. The molecule has 1 aromatic heterocycles. The van der Waals surface area contributed by atoms with Crippen LogP contribution in [0.25, 0.3) is 5.69 Å². The summed E-state index contributed by atoms with van der Waals surface area (Å²) in [6.07, 6.45) is 2.21. The summed E-state index contributed by atoms with van der Waals surface area (Å²) in [5.41, 5.74) is 1.11. The number of amides is 2. The van der Waals surface area contributed by atoms with Crippen molar-refractivity contribution < 1.29 is 9.59 Å². The van der Waals surface area contributed by atoms with Gasteiger partial charge in [0, 0.05) is 25.7 Å². The van der Waals surface area contributed by atoms with Crippen molar-refractivity contribution in [3.8, 4) is 5.69 Å². The third-order valence-corrected chi connectivity index (χ3v) is 4.99. The lowest BCUT2D eigenvalue weighted by Gasteiger charge is -2.26. The number of para-hydroxylation sites is 1. The quantitative estimate of drug-likeness (QED) is 0.818. The van der Waals surface area contributed by atoms with Crippen LogP contribution in [-0.4, -0.2) is 75.4 Å². The van der Waals surface area contributed by atoms with E-state index in [0.29, 0.717) is 26.1 Å². The molecule has 8 nitrogen and oxygen atoms in total. The fraction of sp³-hybridized carbons (Fsp3) is 0.474. The van der Waals surface area contributed by atoms with Crippen LogP contribution in [0.5, 0.6) is 0 Å². The number of hydrogen-bond acceptors (Lipinski definition) is 5. The van der Waals surface area contributed by atoms with Crippen molar-refractivity contribution in [2.45, 2.75) is 32.4 Å². The average Bonchev–Trinajstić information content (AvgIpc) is 3.30. The highest BCUT2D eigenvalue weighted by atomic mass is 16.2. The molecule has 0 saturated carbocycles. The molecule has 2 amide bonds. The maximum Gasteiger partial charge on any atom is 0.273 e. The van der Waals surface area contributed by atoms with Gasteiger partial charge in [0.1, 0.15) is 0 Å². The molecule has 2 heterocycles. The zero-order valence-electron chi connectivity index (χ0n) is 16.0. The van der Waals surface area contributed by atoms with E-state index in [4.69, 9.17) is 0 Å². The summed E-state index contributed by atoms with van der Waals surface area (Å²) in [5, 5.41) is 11.0. The smallest absolute Gasteiger partial charge is 0.273 e. The van der Waals surface area contributed by atoms with Crippen molar-refractivity contribution >= 4 is 11.8 Å². The zero-order valence-corrected chi connectivity index (χ0v) is 16.0. The molecule has 1 N–H and O–H groups in total. The minimum absolute atomic E-state index is 0.0890. The second kappa shape index (κ2) is 8.30. The van der Waals surface area contributed by atoms with Gasteiger partial charge in [-0.05, 0) is 39.4 Å². The molecule has 144 valence electrons. The Bertz CT molecular complexity index is 787. The predicted octanol–water partition coefficient (Wildman–Crippen LogP) is 0.938. The Balaban J connectivity index is 1.62. The van der Waals surface area contributed by atoms with Crippen molar-refractivity contribution in [3.05, 3.63) is 42.2 Å². The fourth-order valence-electron chi connectivity index (χ4n) is 3.47. The van der Waals surface area contributed by atoms with E-state index < -0.39 is 0 Å². The lowest BCUT2D eigenvalue weighted by Crippen LogP contribution is -2.44. The van der Waals surface area contributed by atoms with Gasteiger partial charge >= 0.3 is 0 Å². The molecule has 1 saturated heterocycles. The van der Waals surface area contributed by atoms with E-state index in [2.05, 4.69) is 15.6 Å². The van der Waals surface area contributed by atoms with E-state index in [1.807, 2.05) is 61.0 Å². The molecule has 0 radical (unpaired) electrons. The molecule has 3 rings (SSSR count). The van der Waals surface area contributed by atoms with Crippen LogP contribution in [0.2, 0.25) is 0 Å². The van der Waals surface area contributed by atoms with Gasteiger partial charge in [0.25, 0.3) is 5.91 Å². The largest absolute Gasteiger partial charge is 0.346 e. The van der Waals surface area contributed by atoms with E-state index in [9.17, 15) is 9.59 Å². The van der Waals surface area contributed by atoms with Crippen molar-refractivity contribution in [2.24, 2.45) is 0 Å². The van der Waals surface area contributed by atoms with E-state index in [1.165, 1.54) is 0 Å². The maximum atomic E-state index is 12.6. The monoisotopic (exact) mass is 370 g/mol. The highest BCUT2D eigenvalue weighted by Gasteiger charge is 2.37. The molecular formula is C19H26N6O2. The molecule has 2 aromatic rings. The summed E-state index contributed by atoms with van der Waals surface area (Å²) >= 11 is 0. The molecule has 27 heavy (non-hydrogen) atoms. The van der Waals surface area contributed by atoms with Crippen molar-refractivity contribution in [1.82, 2.24) is 30.1 Å². The predicted molar refractivity (Wildman–Crippen MR) is 102 cm³/mol. The van der Waals surface area contributed by atoms with Crippen molar-refractivity contribution in [3.63, 3.8) is 0 Å².